The summed E-state index contributed by atoms with van der Waals surface area (Å²) in [6, 6.07) is 1.84. The van der Waals surface area contributed by atoms with Crippen LogP contribution in [0.4, 0.5) is 17.3 Å². The maximum absolute atomic E-state index is 12.0. The Morgan fingerprint density at radius 1 is 0.935 bits per heavy atom. The smallest absolute Gasteiger partial charge is 0.461 e. The maximum atomic E-state index is 12.0. The lowest BCUT2D eigenvalue weighted by atomic mass is 10.3. The zero-order valence-electron chi connectivity index (χ0n) is 17.7. The average molecular weight is 469 g/mol. The van der Waals surface area contributed by atoms with E-state index in [4.69, 9.17) is 9.36 Å². The first kappa shape index (κ1) is 25.8. The van der Waals surface area contributed by atoms with Crippen LogP contribution in [-0.2, 0) is 14.2 Å². The monoisotopic (exact) mass is 469 g/mol. The van der Waals surface area contributed by atoms with Gasteiger partial charge in [0.05, 0.1) is 6.61 Å². The minimum absolute atomic E-state index is 0.212. The number of nitrogens with zero attached hydrogens (tertiary/aromatic N) is 5. The fourth-order valence-electron chi connectivity index (χ4n) is 3.97. The van der Waals surface area contributed by atoms with Crippen LogP contribution in [0.5, 0.6) is 0 Å². The van der Waals surface area contributed by atoms with E-state index >= 15 is 0 Å². The molecule has 0 aliphatic carbocycles. The molecule has 0 spiro atoms. The van der Waals surface area contributed by atoms with Crippen LogP contribution in [0.2, 0.25) is 0 Å². The van der Waals surface area contributed by atoms with E-state index in [9.17, 15) is 27.3 Å². The Hall–Kier alpha value is -1.48. The molecule has 8 nitrogen and oxygen atoms in total. The molecule has 0 atom stereocenters. The van der Waals surface area contributed by atoms with E-state index in [0.29, 0.717) is 0 Å². The summed E-state index contributed by atoms with van der Waals surface area (Å²) in [5.74, 6) is -0.711. The first-order chi connectivity index (χ1) is 14.7. The number of hydrogen-bond acceptors (Lipinski definition) is 8. The Labute approximate surface area is 180 Å². The van der Waals surface area contributed by atoms with Crippen molar-refractivity contribution >= 4 is 26.9 Å². The SMILES string of the molecule is CCOC(=O)/C(C#N)=N/O[P+](N1CCCC1)(N1CCCC1)N1CCCC1.F[B-](F)(F)F. The van der Waals surface area contributed by atoms with Crippen molar-refractivity contribution in [3.05, 3.63) is 0 Å². The van der Waals surface area contributed by atoms with Gasteiger partial charge in [-0.2, -0.15) is 9.89 Å². The topological polar surface area (TPSA) is 81.4 Å². The van der Waals surface area contributed by atoms with Gasteiger partial charge in [-0.15, -0.1) is 14.0 Å². The van der Waals surface area contributed by atoms with Gasteiger partial charge in [-0.1, -0.05) is 0 Å². The molecule has 3 rings (SSSR count). The third kappa shape index (κ3) is 7.27. The predicted molar refractivity (Wildman–Crippen MR) is 110 cm³/mol. The van der Waals surface area contributed by atoms with Crippen molar-refractivity contribution in [2.75, 3.05) is 45.9 Å². The number of esters is 1. The van der Waals surface area contributed by atoms with Crippen molar-refractivity contribution < 1.29 is 31.4 Å². The molecule has 3 aliphatic rings. The molecule has 0 radical (unpaired) electrons. The normalized spacial score (nSPS) is 21.5. The van der Waals surface area contributed by atoms with Gasteiger partial charge in [0, 0.05) is 39.3 Å². The van der Waals surface area contributed by atoms with Crippen LogP contribution in [0.15, 0.2) is 5.16 Å². The second-order valence-corrected chi connectivity index (χ2v) is 10.2. The van der Waals surface area contributed by atoms with Crippen molar-refractivity contribution in [3.8, 4) is 6.07 Å². The third-order valence-corrected chi connectivity index (χ3v) is 8.88. The first-order valence-electron chi connectivity index (χ1n) is 10.6. The third-order valence-electron chi connectivity index (χ3n) is 5.17. The van der Waals surface area contributed by atoms with Gasteiger partial charge in [0.1, 0.15) is 6.07 Å². The number of hydrogen-bond donors (Lipinski definition) is 0. The van der Waals surface area contributed by atoms with E-state index in [1.807, 2.05) is 6.07 Å². The maximum Gasteiger partial charge on any atom is 0.673 e. The summed E-state index contributed by atoms with van der Waals surface area (Å²) < 4.78 is 57.5. The summed E-state index contributed by atoms with van der Waals surface area (Å²) in [6.07, 6.45) is 6.91. The molecule has 0 N–H and O–H groups in total. The minimum atomic E-state index is -6.00. The molecule has 3 fully saturated rings. The fraction of sp³-hybridized carbons (Fsp3) is 0.824. The number of carbonyl (C=O) groups excluding carboxylic acids is 1. The largest absolute Gasteiger partial charge is 0.673 e. The average Bonchev–Trinajstić information content (AvgIpc) is 3.48. The molecule has 0 aromatic carbocycles. The summed E-state index contributed by atoms with van der Waals surface area (Å²) in [4.78, 5) is 12.0. The lowest BCUT2D eigenvalue weighted by Gasteiger charge is -2.38. The Morgan fingerprint density at radius 2 is 1.29 bits per heavy atom. The quantitative estimate of drug-likeness (QED) is 0.140. The summed E-state index contributed by atoms with van der Waals surface area (Å²) in [6.45, 7) is 7.83. The van der Waals surface area contributed by atoms with Crippen molar-refractivity contribution in [1.82, 2.24) is 14.0 Å². The van der Waals surface area contributed by atoms with Crippen LogP contribution in [0.25, 0.3) is 0 Å². The fourth-order valence-corrected chi connectivity index (χ4v) is 7.96. The van der Waals surface area contributed by atoms with Crippen LogP contribution >= 0.6 is 7.94 Å². The first-order valence-corrected chi connectivity index (χ1v) is 12.2. The van der Waals surface area contributed by atoms with Crippen molar-refractivity contribution in [1.29, 1.82) is 5.26 Å². The van der Waals surface area contributed by atoms with Gasteiger partial charge in [0.15, 0.2) is 0 Å². The Bertz CT molecular complexity index is 614. The van der Waals surface area contributed by atoms with Gasteiger partial charge in [-0.3, -0.25) is 0 Å². The molecule has 0 aromatic heterocycles. The van der Waals surface area contributed by atoms with Crippen molar-refractivity contribution in [3.63, 3.8) is 0 Å². The number of oxime groups is 1. The Kier molecular flexibility index (Phi) is 9.94. The van der Waals surface area contributed by atoms with Crippen LogP contribution in [0.1, 0.15) is 45.4 Å². The highest BCUT2D eigenvalue weighted by atomic mass is 31.2. The van der Waals surface area contributed by atoms with E-state index in [0.717, 1.165) is 77.8 Å². The summed E-state index contributed by atoms with van der Waals surface area (Å²) in [5.41, 5.74) is -0.297. The zero-order valence-corrected chi connectivity index (χ0v) is 18.6. The molecule has 0 bridgehead atoms. The molecule has 3 saturated heterocycles. The molecule has 0 amide bonds. The second-order valence-electron chi connectivity index (χ2n) is 7.34. The number of rotatable bonds is 7. The van der Waals surface area contributed by atoms with Crippen molar-refractivity contribution in [2.45, 2.75) is 45.4 Å². The summed E-state index contributed by atoms with van der Waals surface area (Å²) >= 11 is 0. The van der Waals surface area contributed by atoms with Gasteiger partial charge in [0.25, 0.3) is 5.71 Å². The Morgan fingerprint density at radius 3 is 1.58 bits per heavy atom. The van der Waals surface area contributed by atoms with E-state index in [-0.39, 0.29) is 12.3 Å². The van der Waals surface area contributed by atoms with Crippen LogP contribution in [0, 0.1) is 11.3 Å². The molecule has 3 heterocycles. The number of nitriles is 1. The number of halogens is 4. The van der Waals surface area contributed by atoms with Gasteiger partial charge in [-0.05, 0) is 50.6 Å². The number of carbonyl (C=O) groups is 1. The second kappa shape index (κ2) is 12.0. The van der Waals surface area contributed by atoms with Crippen LogP contribution in [-0.4, -0.2) is 78.8 Å². The van der Waals surface area contributed by atoms with E-state index in [2.05, 4.69) is 19.2 Å². The molecule has 31 heavy (non-hydrogen) atoms. The molecule has 176 valence electrons. The van der Waals surface area contributed by atoms with E-state index in [1.165, 1.54) is 0 Å². The molecule has 14 heteroatoms. The highest BCUT2D eigenvalue weighted by Crippen LogP contribution is 2.71. The lowest BCUT2D eigenvalue weighted by molar-refractivity contribution is -0.135. The van der Waals surface area contributed by atoms with Crippen molar-refractivity contribution in [2.24, 2.45) is 5.16 Å². The summed E-state index contributed by atoms with van der Waals surface area (Å²) in [5, 5.41) is 13.4. The zero-order chi connectivity index (χ0) is 22.9. The molecule has 0 saturated carbocycles. The van der Waals surface area contributed by atoms with Gasteiger partial charge >= 0.3 is 21.2 Å². The van der Waals surface area contributed by atoms with Crippen LogP contribution in [0.3, 0.4) is 0 Å². The molecular weight excluding hydrogens is 440 g/mol. The molecule has 3 aliphatic heterocycles. The van der Waals surface area contributed by atoms with E-state index < -0.39 is 21.2 Å². The summed E-state index contributed by atoms with van der Waals surface area (Å²) in [7, 11) is -8.31. The highest BCUT2D eigenvalue weighted by molar-refractivity contribution is 7.64. The van der Waals surface area contributed by atoms with Gasteiger partial charge in [0.2, 0.25) is 0 Å². The van der Waals surface area contributed by atoms with Gasteiger partial charge in [-0.25, -0.2) is 4.79 Å². The minimum Gasteiger partial charge on any atom is -0.461 e. The molecular formula is C17H29BF4N5O3P. The molecule has 0 aromatic rings. The van der Waals surface area contributed by atoms with Crippen LogP contribution < -0.4 is 0 Å². The standard InChI is InChI=1S/C17H29N5O3P.BF4/c1-2-24-17(23)16(15-18)19-25-26(20-9-3-4-10-20,21-11-5-6-12-21)22-13-7-8-14-22;2-1(3,4)5/h2-14H2,1H3;/q+1;-1/b19-16+;. The lowest BCUT2D eigenvalue weighted by Crippen LogP contribution is -2.43. The predicted octanol–water partition coefficient (Wildman–Crippen LogP) is 3.71. The number of ether oxygens (including phenoxy) is 1. The Balaban J connectivity index is 0.000000614. The van der Waals surface area contributed by atoms with Gasteiger partial charge < -0.3 is 22.0 Å². The molecule has 0 unspecified atom stereocenters. The van der Waals surface area contributed by atoms with E-state index in [1.54, 1.807) is 6.92 Å². The highest BCUT2D eigenvalue weighted by Gasteiger charge is 2.63.